The van der Waals surface area contributed by atoms with Gasteiger partial charge >= 0.3 is 0 Å². The van der Waals surface area contributed by atoms with Crippen LogP contribution in [0.2, 0.25) is 55.9 Å². The van der Waals surface area contributed by atoms with Crippen molar-refractivity contribution >= 4 is 25.0 Å². The van der Waals surface area contributed by atoms with E-state index in [0.29, 0.717) is 23.2 Å². The van der Waals surface area contributed by atoms with Crippen molar-refractivity contribution in [2.45, 2.75) is 201 Å². The van der Waals surface area contributed by atoms with E-state index in [1.807, 2.05) is 0 Å². The van der Waals surface area contributed by atoms with Gasteiger partial charge in [-0.05, 0) is 144 Å². The summed E-state index contributed by atoms with van der Waals surface area (Å²) in [7, 11) is -5.36. The van der Waals surface area contributed by atoms with Crippen molar-refractivity contribution in [1.82, 2.24) is 0 Å². The molecule has 3 fully saturated rings. The lowest BCUT2D eigenvalue weighted by Gasteiger charge is -2.45. The Balaban J connectivity index is 1.82. The van der Waals surface area contributed by atoms with Crippen molar-refractivity contribution in [2.75, 3.05) is 0 Å². The molecule has 0 N–H and O–H groups in total. The lowest BCUT2D eigenvalue weighted by molar-refractivity contribution is 0.0632. The second-order valence-electron chi connectivity index (χ2n) is 21.2. The Morgan fingerprint density at radius 1 is 0.750 bits per heavy atom. The van der Waals surface area contributed by atoms with Crippen LogP contribution >= 0.6 is 0 Å². The van der Waals surface area contributed by atoms with E-state index in [9.17, 15) is 0 Å². The fourth-order valence-electron chi connectivity index (χ4n) is 8.59. The number of hydrogen-bond acceptors (Lipinski definition) is 3. The molecule has 0 aromatic heterocycles. The Kier molecular flexibility index (Phi) is 13.2. The van der Waals surface area contributed by atoms with Gasteiger partial charge in [0.2, 0.25) is 0 Å². The molecule has 6 heteroatoms. The van der Waals surface area contributed by atoms with Gasteiger partial charge in [0.15, 0.2) is 25.0 Å². The summed E-state index contributed by atoms with van der Waals surface area (Å²) in [6.07, 6.45) is 20.4. The Hall–Kier alpha value is -0.249. The molecule has 278 valence electrons. The third-order valence-electron chi connectivity index (χ3n) is 13.6. The summed E-state index contributed by atoms with van der Waals surface area (Å²) in [6, 6.07) is 0. The second-order valence-corrected chi connectivity index (χ2v) is 35.1. The smallest absolute Gasteiger partial charge is 0.192 e. The van der Waals surface area contributed by atoms with Crippen LogP contribution in [-0.2, 0) is 13.3 Å². The topological polar surface area (TPSA) is 27.7 Å². The fourth-order valence-corrected chi connectivity index (χ4v) is 13.1. The van der Waals surface area contributed by atoms with Crippen molar-refractivity contribution in [2.24, 2.45) is 29.1 Å². The largest absolute Gasteiger partial charge is 0.414 e. The van der Waals surface area contributed by atoms with Crippen molar-refractivity contribution < 1.29 is 13.3 Å². The molecule has 3 nitrogen and oxygen atoms in total. The molecule has 3 rings (SSSR count). The van der Waals surface area contributed by atoms with Gasteiger partial charge < -0.3 is 13.3 Å². The van der Waals surface area contributed by atoms with E-state index >= 15 is 0 Å². The molecular formula is C42H80O3Si3. The van der Waals surface area contributed by atoms with Gasteiger partial charge in [-0.15, -0.1) is 0 Å². The highest BCUT2D eigenvalue weighted by Crippen LogP contribution is 2.59. The molecule has 0 spiro atoms. The molecule has 0 amide bonds. The lowest BCUT2D eigenvalue weighted by atomic mass is 9.61. The summed E-state index contributed by atoms with van der Waals surface area (Å²) in [5, 5.41) is 0.417. The standard InChI is InChI=1S/C42H80O3Si3/c1-31(21-22-32(2)41(9,10)45-46(12,13)14)37-25-26-38-34(20-19-27-42(37,38)11)24-23-33-28-35(43-47(15,16)39(3,4)5)30-36(29-33)44-48(17,18)40(6,7)8/h21-24,31-32,35-38H,19-20,25-30H2,1-18H3/t31-,32+,35-,36-,37-,38+,42-/m1/s1. The Labute approximate surface area is 302 Å². The van der Waals surface area contributed by atoms with Crippen LogP contribution in [-0.4, -0.2) is 42.8 Å². The molecular weight excluding hydrogens is 637 g/mol. The minimum Gasteiger partial charge on any atom is -0.414 e. The minimum absolute atomic E-state index is 0.125. The molecule has 7 atom stereocenters. The van der Waals surface area contributed by atoms with E-state index in [0.717, 1.165) is 25.2 Å². The first-order valence-electron chi connectivity index (χ1n) is 19.7. The first kappa shape index (κ1) is 42.2. The molecule has 0 unspecified atom stereocenters. The first-order chi connectivity index (χ1) is 21.6. The molecule has 0 heterocycles. The maximum absolute atomic E-state index is 7.11. The lowest BCUT2D eigenvalue weighted by Crippen LogP contribution is -2.48. The van der Waals surface area contributed by atoms with Crippen molar-refractivity contribution in [3.8, 4) is 0 Å². The van der Waals surface area contributed by atoms with Crippen molar-refractivity contribution in [1.29, 1.82) is 0 Å². The van der Waals surface area contributed by atoms with Gasteiger partial charge in [0.25, 0.3) is 0 Å². The highest BCUT2D eigenvalue weighted by Gasteiger charge is 2.50. The molecule has 0 saturated heterocycles. The summed E-state index contributed by atoms with van der Waals surface area (Å²) in [5.41, 5.74) is 3.51. The van der Waals surface area contributed by atoms with Crippen LogP contribution in [0.15, 0.2) is 35.5 Å². The van der Waals surface area contributed by atoms with E-state index < -0.39 is 25.0 Å². The SMILES string of the molecule is C[C@H](C=C[C@H](C)C(C)(C)O[Si](C)(C)C)[C@H]1CC[C@H]2C(=CC=C3C[C@@H](O[Si](C)(C)C(C)(C)C)C[C@H](O[Si](C)(C)C(C)(C)C)C3)CCC[C@]12C. The average Bonchev–Trinajstić information content (AvgIpc) is 3.24. The first-order valence-corrected chi connectivity index (χ1v) is 28.9. The van der Waals surface area contributed by atoms with Crippen LogP contribution < -0.4 is 0 Å². The van der Waals surface area contributed by atoms with E-state index in [-0.39, 0.29) is 27.9 Å². The van der Waals surface area contributed by atoms with Gasteiger partial charge in [0.05, 0.1) is 17.8 Å². The van der Waals surface area contributed by atoms with Gasteiger partial charge in [0.1, 0.15) is 0 Å². The monoisotopic (exact) mass is 717 g/mol. The predicted octanol–water partition coefficient (Wildman–Crippen LogP) is 13.5. The quantitative estimate of drug-likeness (QED) is 0.157. The fraction of sp³-hybridized carbons (Fsp3) is 0.857. The average molecular weight is 717 g/mol. The van der Waals surface area contributed by atoms with Crippen LogP contribution in [0.25, 0.3) is 0 Å². The number of hydrogen-bond donors (Lipinski definition) is 0. The van der Waals surface area contributed by atoms with Gasteiger partial charge in [-0.1, -0.05) is 97.8 Å². The predicted molar refractivity (Wildman–Crippen MR) is 218 cm³/mol. The molecule has 0 aromatic rings. The third kappa shape index (κ3) is 10.4. The van der Waals surface area contributed by atoms with Gasteiger partial charge in [0, 0.05) is 5.92 Å². The highest BCUT2D eigenvalue weighted by molar-refractivity contribution is 6.74. The number of fused-ring (bicyclic) bond motifs is 1. The van der Waals surface area contributed by atoms with Gasteiger partial charge in [-0.25, -0.2) is 0 Å². The Morgan fingerprint density at radius 3 is 1.75 bits per heavy atom. The summed E-state index contributed by atoms with van der Waals surface area (Å²) in [5.74, 6) is 2.43. The summed E-state index contributed by atoms with van der Waals surface area (Å²) < 4.78 is 20.8. The Morgan fingerprint density at radius 2 is 1.27 bits per heavy atom. The third-order valence-corrected chi connectivity index (χ3v) is 23.8. The maximum atomic E-state index is 7.11. The van der Waals surface area contributed by atoms with E-state index in [1.54, 1.807) is 5.57 Å². The molecule has 3 aliphatic carbocycles. The molecule has 0 aliphatic heterocycles. The summed E-state index contributed by atoms with van der Waals surface area (Å²) >= 11 is 0. The zero-order valence-electron chi connectivity index (χ0n) is 35.2. The summed E-state index contributed by atoms with van der Waals surface area (Å²) in [6.45, 7) is 42.7. The normalized spacial score (nSPS) is 30.5. The van der Waals surface area contributed by atoms with Crippen LogP contribution in [0.3, 0.4) is 0 Å². The molecule has 3 saturated carbocycles. The van der Waals surface area contributed by atoms with E-state index in [1.165, 1.54) is 37.7 Å². The van der Waals surface area contributed by atoms with Gasteiger partial charge in [-0.3, -0.25) is 0 Å². The molecule has 3 aliphatic rings. The van der Waals surface area contributed by atoms with Crippen molar-refractivity contribution in [3.63, 3.8) is 0 Å². The zero-order chi connectivity index (χ0) is 36.7. The van der Waals surface area contributed by atoms with E-state index in [4.69, 9.17) is 13.3 Å². The van der Waals surface area contributed by atoms with Crippen LogP contribution in [0.4, 0.5) is 0 Å². The molecule has 48 heavy (non-hydrogen) atoms. The highest BCUT2D eigenvalue weighted by atomic mass is 28.4. The van der Waals surface area contributed by atoms with Crippen LogP contribution in [0.1, 0.15) is 128 Å². The van der Waals surface area contributed by atoms with E-state index in [2.05, 4.69) is 146 Å². The maximum Gasteiger partial charge on any atom is 0.192 e. The van der Waals surface area contributed by atoms with Crippen LogP contribution in [0, 0.1) is 29.1 Å². The van der Waals surface area contributed by atoms with Gasteiger partial charge in [-0.2, -0.15) is 0 Å². The molecule has 0 bridgehead atoms. The number of allylic oxidation sites excluding steroid dienone is 4. The zero-order valence-corrected chi connectivity index (χ0v) is 38.2. The van der Waals surface area contributed by atoms with Crippen LogP contribution in [0.5, 0.6) is 0 Å². The van der Waals surface area contributed by atoms with Crippen molar-refractivity contribution in [3.05, 3.63) is 35.5 Å². The number of rotatable bonds is 11. The molecule has 0 radical (unpaired) electrons. The summed E-state index contributed by atoms with van der Waals surface area (Å²) in [4.78, 5) is 0. The molecule has 0 aromatic carbocycles. The second kappa shape index (κ2) is 15.0. The minimum atomic E-state index is -1.88. The Bertz CT molecular complexity index is 1140.